The molecule has 0 amide bonds. The highest BCUT2D eigenvalue weighted by Gasteiger charge is 2.25. The van der Waals surface area contributed by atoms with Crippen molar-refractivity contribution in [3.63, 3.8) is 0 Å². The minimum Gasteiger partial charge on any atom is -0.495 e. The molecule has 1 heterocycles. The number of fused-ring (bicyclic) bond motifs is 1. The predicted molar refractivity (Wildman–Crippen MR) is 111 cm³/mol. The van der Waals surface area contributed by atoms with Crippen molar-refractivity contribution in [3.05, 3.63) is 63.6 Å². The van der Waals surface area contributed by atoms with E-state index in [1.54, 1.807) is 33.4 Å². The first kappa shape index (κ1) is 19.8. The number of methoxy groups -OCH3 is 1. The number of imidazole rings is 1. The molecule has 0 radical (unpaired) electrons. The van der Waals surface area contributed by atoms with E-state index in [-0.39, 0.29) is 24.4 Å². The summed E-state index contributed by atoms with van der Waals surface area (Å²) in [5.74, 6) is 0.489. The Bertz CT molecular complexity index is 1230. The normalized spacial score (nSPS) is 18.7. The number of nitrogens with zero attached hydrogens (tertiary/aromatic N) is 4. The summed E-state index contributed by atoms with van der Waals surface area (Å²) in [6.45, 7) is 0.283. The van der Waals surface area contributed by atoms with Crippen LogP contribution in [0.4, 0.5) is 0 Å². The van der Waals surface area contributed by atoms with Gasteiger partial charge in [-0.15, -0.1) is 0 Å². The average molecular weight is 402 g/mol. The summed E-state index contributed by atoms with van der Waals surface area (Å²) in [6, 6.07) is 14.8. The van der Waals surface area contributed by atoms with Crippen LogP contribution in [0.1, 0.15) is 48.4 Å². The van der Waals surface area contributed by atoms with Gasteiger partial charge in [-0.1, -0.05) is 6.07 Å². The van der Waals surface area contributed by atoms with Crippen LogP contribution in [0.3, 0.4) is 0 Å². The predicted octanol–water partition coefficient (Wildman–Crippen LogP) is 3.08. The van der Waals surface area contributed by atoms with Gasteiger partial charge in [-0.05, 0) is 61.6 Å². The molecule has 152 valence electrons. The van der Waals surface area contributed by atoms with Crippen LogP contribution in [0, 0.1) is 22.7 Å². The van der Waals surface area contributed by atoms with E-state index in [2.05, 4.69) is 12.1 Å². The number of hydrogen-bond donors (Lipinski definition) is 1. The van der Waals surface area contributed by atoms with Gasteiger partial charge in [0, 0.05) is 6.04 Å². The molecule has 0 spiro atoms. The van der Waals surface area contributed by atoms with E-state index >= 15 is 0 Å². The van der Waals surface area contributed by atoms with Gasteiger partial charge in [0.25, 0.3) is 0 Å². The van der Waals surface area contributed by atoms with E-state index in [0.717, 1.165) is 23.9 Å². The molecular formula is C23H22N4O3. The lowest BCUT2D eigenvalue weighted by Crippen LogP contribution is -2.31. The maximum absolute atomic E-state index is 13.4. The first-order valence-corrected chi connectivity index (χ1v) is 9.95. The molecule has 1 aromatic heterocycles. The quantitative estimate of drug-likeness (QED) is 0.722. The number of benzene rings is 2. The lowest BCUT2D eigenvalue weighted by Gasteiger charge is -2.26. The van der Waals surface area contributed by atoms with Gasteiger partial charge in [-0.3, -0.25) is 9.13 Å². The van der Waals surface area contributed by atoms with Crippen LogP contribution in [-0.4, -0.2) is 27.5 Å². The zero-order valence-electron chi connectivity index (χ0n) is 16.7. The molecule has 1 fully saturated rings. The highest BCUT2D eigenvalue weighted by atomic mass is 16.5. The fourth-order valence-corrected chi connectivity index (χ4v) is 4.29. The van der Waals surface area contributed by atoms with E-state index in [1.807, 2.05) is 12.1 Å². The van der Waals surface area contributed by atoms with E-state index in [4.69, 9.17) is 4.74 Å². The Balaban J connectivity index is 1.83. The number of nitriles is 2. The number of aliphatic hydroxyl groups excluding tert-OH is 1. The summed E-state index contributed by atoms with van der Waals surface area (Å²) in [6.07, 6.45) is 2.51. The minimum absolute atomic E-state index is 0.0168. The molecule has 3 aromatic rings. The van der Waals surface area contributed by atoms with Crippen LogP contribution in [-0.2, 0) is 6.54 Å². The zero-order chi connectivity index (χ0) is 21.3. The van der Waals surface area contributed by atoms with Crippen molar-refractivity contribution < 1.29 is 9.84 Å². The third-order valence-corrected chi connectivity index (χ3v) is 5.85. The van der Waals surface area contributed by atoms with Gasteiger partial charge in [0.2, 0.25) is 0 Å². The summed E-state index contributed by atoms with van der Waals surface area (Å²) in [4.78, 5) is 13.4. The van der Waals surface area contributed by atoms with Crippen molar-refractivity contribution in [1.82, 2.24) is 9.13 Å². The first-order valence-electron chi connectivity index (χ1n) is 9.95. The van der Waals surface area contributed by atoms with E-state index in [9.17, 15) is 20.4 Å². The standard InChI is InChI=1S/C23H22N4O3/c1-30-22-9-3-16(10-17(22)13-25)14-26-21-11-15(12-24)2-8-20(21)27(23(26)29)18-4-6-19(28)7-5-18/h2-3,8-11,18-19,28H,4-7,14H2,1H3/t18-,19-. The summed E-state index contributed by atoms with van der Waals surface area (Å²) in [5.41, 5.74) is 3.03. The summed E-state index contributed by atoms with van der Waals surface area (Å²) >= 11 is 0. The second-order valence-electron chi connectivity index (χ2n) is 7.66. The third kappa shape index (κ3) is 3.45. The van der Waals surface area contributed by atoms with Crippen molar-refractivity contribution in [3.8, 4) is 17.9 Å². The molecule has 1 aliphatic carbocycles. The van der Waals surface area contributed by atoms with Gasteiger partial charge in [0.15, 0.2) is 0 Å². The molecule has 1 N–H and O–H groups in total. The SMILES string of the molecule is COc1ccc(Cn2c(=O)n([C@H]3CC[C@H](O)CC3)c3ccc(C#N)cc32)cc1C#N. The fourth-order valence-electron chi connectivity index (χ4n) is 4.29. The van der Waals surface area contributed by atoms with Gasteiger partial charge in [0.1, 0.15) is 11.8 Å². The fraction of sp³-hybridized carbons (Fsp3) is 0.348. The minimum atomic E-state index is -0.306. The van der Waals surface area contributed by atoms with Gasteiger partial charge in [-0.2, -0.15) is 10.5 Å². The largest absolute Gasteiger partial charge is 0.495 e. The maximum atomic E-state index is 13.4. The van der Waals surface area contributed by atoms with Crippen LogP contribution in [0.25, 0.3) is 11.0 Å². The van der Waals surface area contributed by atoms with E-state index < -0.39 is 0 Å². The van der Waals surface area contributed by atoms with Crippen molar-refractivity contribution in [1.29, 1.82) is 10.5 Å². The molecule has 1 aliphatic rings. The average Bonchev–Trinajstić information content (AvgIpc) is 3.04. The molecule has 2 aromatic carbocycles. The van der Waals surface area contributed by atoms with Crippen molar-refractivity contribution in [2.45, 2.75) is 44.4 Å². The van der Waals surface area contributed by atoms with Gasteiger partial charge < -0.3 is 9.84 Å². The molecule has 30 heavy (non-hydrogen) atoms. The number of aromatic nitrogens is 2. The van der Waals surface area contributed by atoms with Crippen LogP contribution < -0.4 is 10.4 Å². The van der Waals surface area contributed by atoms with Crippen molar-refractivity contribution >= 4 is 11.0 Å². The second-order valence-corrected chi connectivity index (χ2v) is 7.66. The Kier molecular flexibility index (Phi) is 5.31. The number of hydrogen-bond acceptors (Lipinski definition) is 5. The van der Waals surface area contributed by atoms with Gasteiger partial charge >= 0.3 is 5.69 Å². The highest BCUT2D eigenvalue weighted by Crippen LogP contribution is 2.31. The molecule has 0 unspecified atom stereocenters. The monoisotopic (exact) mass is 402 g/mol. The Morgan fingerprint density at radius 2 is 1.83 bits per heavy atom. The first-order chi connectivity index (χ1) is 14.5. The van der Waals surface area contributed by atoms with Crippen LogP contribution >= 0.6 is 0 Å². The molecule has 0 atom stereocenters. The third-order valence-electron chi connectivity index (χ3n) is 5.85. The maximum Gasteiger partial charge on any atom is 0.329 e. The molecule has 0 aliphatic heterocycles. The lowest BCUT2D eigenvalue weighted by atomic mass is 9.93. The molecule has 0 saturated heterocycles. The summed E-state index contributed by atoms with van der Waals surface area (Å²) < 4.78 is 8.67. The van der Waals surface area contributed by atoms with E-state index in [1.165, 1.54) is 7.11 Å². The molecule has 7 heteroatoms. The Morgan fingerprint density at radius 3 is 2.50 bits per heavy atom. The van der Waals surface area contributed by atoms with Crippen LogP contribution in [0.15, 0.2) is 41.2 Å². The summed E-state index contributed by atoms with van der Waals surface area (Å²) in [7, 11) is 1.51. The smallest absolute Gasteiger partial charge is 0.329 e. The lowest BCUT2D eigenvalue weighted by molar-refractivity contribution is 0.110. The Morgan fingerprint density at radius 1 is 1.07 bits per heavy atom. The highest BCUT2D eigenvalue weighted by molar-refractivity contribution is 5.78. The Labute approximate surface area is 174 Å². The summed E-state index contributed by atoms with van der Waals surface area (Å²) in [5, 5.41) is 28.6. The van der Waals surface area contributed by atoms with E-state index in [0.29, 0.717) is 35.2 Å². The van der Waals surface area contributed by atoms with Gasteiger partial charge in [-0.25, -0.2) is 4.79 Å². The number of aliphatic hydroxyl groups is 1. The topological polar surface area (TPSA) is 104 Å². The van der Waals surface area contributed by atoms with Crippen LogP contribution in [0.2, 0.25) is 0 Å². The molecule has 7 nitrogen and oxygen atoms in total. The number of ether oxygens (including phenoxy) is 1. The van der Waals surface area contributed by atoms with Crippen molar-refractivity contribution in [2.24, 2.45) is 0 Å². The Hall–Kier alpha value is -3.55. The van der Waals surface area contributed by atoms with Crippen LogP contribution in [0.5, 0.6) is 5.75 Å². The molecule has 1 saturated carbocycles. The number of rotatable bonds is 4. The zero-order valence-corrected chi connectivity index (χ0v) is 16.7. The molecular weight excluding hydrogens is 380 g/mol. The second kappa shape index (κ2) is 8.06. The van der Waals surface area contributed by atoms with Gasteiger partial charge in [0.05, 0.1) is 48.0 Å². The molecule has 4 rings (SSSR count). The molecule has 0 bridgehead atoms. The van der Waals surface area contributed by atoms with Crippen molar-refractivity contribution in [2.75, 3.05) is 7.11 Å².